The minimum atomic E-state index is -0.450. The minimum Gasteiger partial charge on any atom is -0.493 e. The Morgan fingerprint density at radius 1 is 1.06 bits per heavy atom. The summed E-state index contributed by atoms with van der Waals surface area (Å²) in [6.45, 7) is 0.0357. The highest BCUT2D eigenvalue weighted by atomic mass is 79.9. The lowest BCUT2D eigenvalue weighted by Crippen LogP contribution is -2.08. The number of carbonyl (C=O) groups is 2. The van der Waals surface area contributed by atoms with Crippen LogP contribution in [0.5, 0.6) is 11.5 Å². The molecule has 3 rings (SSSR count). The first kappa shape index (κ1) is 24.0. The molecule has 0 atom stereocenters. The van der Waals surface area contributed by atoms with Crippen molar-refractivity contribution in [3.05, 3.63) is 93.7 Å². The van der Waals surface area contributed by atoms with E-state index >= 15 is 0 Å². The molecular weight excluding hydrogens is 493 g/mol. The summed E-state index contributed by atoms with van der Waals surface area (Å²) in [6, 6.07) is 16.2. The Kier molecular flexibility index (Phi) is 8.21. The van der Waals surface area contributed by atoms with E-state index in [0.717, 1.165) is 0 Å². The van der Waals surface area contributed by atoms with Gasteiger partial charge >= 0.3 is 5.97 Å². The fourth-order valence-corrected chi connectivity index (χ4v) is 3.48. The van der Waals surface area contributed by atoms with Gasteiger partial charge in [0, 0.05) is 17.3 Å². The van der Waals surface area contributed by atoms with E-state index in [1.165, 1.54) is 26.4 Å². The predicted octanol–water partition coefficient (Wildman–Crippen LogP) is 5.61. The standard InChI is InChI=1S/C25H21BrFNO5/c1-31-22-14-16(13-20(26)24(22)33-15-18-5-3-4-6-21(18)27)7-12-23(29)28-19-10-8-17(9-11-19)25(30)32-2/h3-14H,15H2,1-2H3,(H,28,29)/b12-7+. The number of anilines is 1. The Hall–Kier alpha value is -3.65. The first-order chi connectivity index (χ1) is 15.9. The Bertz CT molecular complexity index is 1180. The van der Waals surface area contributed by atoms with Gasteiger partial charge in [0.1, 0.15) is 12.4 Å². The zero-order chi connectivity index (χ0) is 23.8. The number of amides is 1. The molecule has 0 saturated heterocycles. The fraction of sp³-hybridized carbons (Fsp3) is 0.120. The van der Waals surface area contributed by atoms with Crippen molar-refractivity contribution in [2.75, 3.05) is 19.5 Å². The third kappa shape index (κ3) is 6.43. The lowest BCUT2D eigenvalue weighted by atomic mass is 10.1. The molecule has 8 heteroatoms. The average molecular weight is 514 g/mol. The van der Waals surface area contributed by atoms with Gasteiger partial charge in [0.2, 0.25) is 5.91 Å². The van der Waals surface area contributed by atoms with E-state index in [9.17, 15) is 14.0 Å². The highest BCUT2D eigenvalue weighted by Gasteiger charge is 2.13. The lowest BCUT2D eigenvalue weighted by Gasteiger charge is -2.14. The maximum absolute atomic E-state index is 13.9. The van der Waals surface area contributed by atoms with E-state index < -0.39 is 5.97 Å². The highest BCUT2D eigenvalue weighted by Crippen LogP contribution is 2.37. The number of hydrogen-bond donors (Lipinski definition) is 1. The number of hydrogen-bond acceptors (Lipinski definition) is 5. The quantitative estimate of drug-likeness (QED) is 0.312. The molecule has 0 radical (unpaired) electrons. The summed E-state index contributed by atoms with van der Waals surface area (Å²) in [5.41, 5.74) is 2.04. The summed E-state index contributed by atoms with van der Waals surface area (Å²) in [5, 5.41) is 2.71. The molecule has 0 fully saturated rings. The summed E-state index contributed by atoms with van der Waals surface area (Å²) >= 11 is 3.45. The van der Waals surface area contributed by atoms with Crippen LogP contribution in [-0.4, -0.2) is 26.1 Å². The number of carbonyl (C=O) groups excluding carboxylic acids is 2. The van der Waals surface area contributed by atoms with Crippen molar-refractivity contribution >= 4 is 39.6 Å². The van der Waals surface area contributed by atoms with Gasteiger partial charge in [-0.05, 0) is 70.0 Å². The second kappa shape index (κ2) is 11.3. The van der Waals surface area contributed by atoms with Gasteiger partial charge in [0.15, 0.2) is 11.5 Å². The molecule has 1 N–H and O–H groups in total. The van der Waals surface area contributed by atoms with E-state index in [-0.39, 0.29) is 18.3 Å². The van der Waals surface area contributed by atoms with Crippen LogP contribution in [0.4, 0.5) is 10.1 Å². The molecule has 33 heavy (non-hydrogen) atoms. The summed E-state index contributed by atoms with van der Waals surface area (Å²) in [5.74, 6) is -0.297. The Labute approximate surface area is 199 Å². The van der Waals surface area contributed by atoms with Crippen LogP contribution in [0.1, 0.15) is 21.5 Å². The van der Waals surface area contributed by atoms with Gasteiger partial charge in [-0.25, -0.2) is 9.18 Å². The monoisotopic (exact) mass is 513 g/mol. The molecule has 0 saturated carbocycles. The number of methoxy groups -OCH3 is 2. The molecule has 1 amide bonds. The van der Waals surface area contributed by atoms with Crippen LogP contribution in [0, 0.1) is 5.82 Å². The number of nitrogens with one attached hydrogen (secondary N) is 1. The van der Waals surface area contributed by atoms with Gasteiger partial charge < -0.3 is 19.5 Å². The predicted molar refractivity (Wildman–Crippen MR) is 127 cm³/mol. The van der Waals surface area contributed by atoms with Gasteiger partial charge in [-0.2, -0.15) is 0 Å². The third-order valence-electron chi connectivity index (χ3n) is 4.58. The molecule has 0 unspecified atom stereocenters. The molecule has 0 aliphatic rings. The topological polar surface area (TPSA) is 73.9 Å². The summed E-state index contributed by atoms with van der Waals surface area (Å²) in [4.78, 5) is 23.7. The van der Waals surface area contributed by atoms with Crippen LogP contribution < -0.4 is 14.8 Å². The van der Waals surface area contributed by atoms with Crippen molar-refractivity contribution in [1.82, 2.24) is 0 Å². The maximum atomic E-state index is 13.9. The number of benzene rings is 3. The van der Waals surface area contributed by atoms with E-state index in [0.29, 0.717) is 38.3 Å². The first-order valence-electron chi connectivity index (χ1n) is 9.82. The second-order valence-electron chi connectivity index (χ2n) is 6.81. The van der Waals surface area contributed by atoms with Crippen molar-refractivity contribution in [2.45, 2.75) is 6.61 Å². The zero-order valence-electron chi connectivity index (χ0n) is 17.9. The molecule has 0 aliphatic carbocycles. The van der Waals surface area contributed by atoms with Crippen molar-refractivity contribution in [3.8, 4) is 11.5 Å². The van der Waals surface area contributed by atoms with Crippen LogP contribution >= 0.6 is 15.9 Å². The van der Waals surface area contributed by atoms with Crippen LogP contribution in [0.2, 0.25) is 0 Å². The molecule has 0 heterocycles. The SMILES string of the molecule is COC(=O)c1ccc(NC(=O)/C=C/c2cc(Br)c(OCc3ccccc3F)c(OC)c2)cc1. The molecule has 0 aliphatic heterocycles. The second-order valence-corrected chi connectivity index (χ2v) is 7.66. The fourth-order valence-electron chi connectivity index (χ4n) is 2.90. The molecule has 170 valence electrons. The van der Waals surface area contributed by atoms with Crippen molar-refractivity contribution in [2.24, 2.45) is 0 Å². The van der Waals surface area contributed by atoms with Crippen LogP contribution in [-0.2, 0) is 16.1 Å². The zero-order valence-corrected chi connectivity index (χ0v) is 19.5. The molecule has 3 aromatic rings. The van der Waals surface area contributed by atoms with Crippen LogP contribution in [0.15, 0.2) is 71.2 Å². The van der Waals surface area contributed by atoms with E-state index in [1.807, 2.05) is 0 Å². The van der Waals surface area contributed by atoms with Crippen molar-refractivity contribution < 1.29 is 28.2 Å². The largest absolute Gasteiger partial charge is 0.493 e. The normalized spacial score (nSPS) is 10.7. The van der Waals surface area contributed by atoms with Crippen molar-refractivity contribution in [1.29, 1.82) is 0 Å². The van der Waals surface area contributed by atoms with Gasteiger partial charge in [-0.1, -0.05) is 18.2 Å². The van der Waals surface area contributed by atoms with E-state index in [2.05, 4.69) is 26.0 Å². The molecule has 0 spiro atoms. The number of esters is 1. The van der Waals surface area contributed by atoms with Crippen molar-refractivity contribution in [3.63, 3.8) is 0 Å². The molecular formula is C25H21BrFNO5. The van der Waals surface area contributed by atoms with Gasteiger partial charge in [-0.3, -0.25) is 4.79 Å². The number of halogens is 2. The summed E-state index contributed by atoms with van der Waals surface area (Å²) < 4.78 is 30.3. The van der Waals surface area contributed by atoms with Crippen LogP contribution in [0.25, 0.3) is 6.08 Å². The molecule has 0 bridgehead atoms. The molecule has 0 aromatic heterocycles. The van der Waals surface area contributed by atoms with Gasteiger partial charge in [0.05, 0.1) is 24.3 Å². The summed E-state index contributed by atoms with van der Waals surface area (Å²) in [7, 11) is 2.80. The Balaban J connectivity index is 1.67. The lowest BCUT2D eigenvalue weighted by molar-refractivity contribution is -0.111. The molecule has 6 nitrogen and oxygen atoms in total. The average Bonchev–Trinajstić information content (AvgIpc) is 2.82. The highest BCUT2D eigenvalue weighted by molar-refractivity contribution is 9.10. The maximum Gasteiger partial charge on any atom is 0.337 e. The van der Waals surface area contributed by atoms with E-state index in [1.54, 1.807) is 60.7 Å². The number of ether oxygens (including phenoxy) is 3. The smallest absolute Gasteiger partial charge is 0.337 e. The summed E-state index contributed by atoms with van der Waals surface area (Å²) in [6.07, 6.45) is 2.99. The van der Waals surface area contributed by atoms with E-state index in [4.69, 9.17) is 9.47 Å². The van der Waals surface area contributed by atoms with Gasteiger partial charge in [0.25, 0.3) is 0 Å². The Morgan fingerprint density at radius 3 is 2.45 bits per heavy atom. The van der Waals surface area contributed by atoms with Gasteiger partial charge in [-0.15, -0.1) is 0 Å². The first-order valence-corrected chi connectivity index (χ1v) is 10.6. The minimum absolute atomic E-state index is 0.0357. The third-order valence-corrected chi connectivity index (χ3v) is 5.17. The number of rotatable bonds is 8. The molecule has 3 aromatic carbocycles. The Morgan fingerprint density at radius 2 is 1.79 bits per heavy atom. The van der Waals surface area contributed by atoms with Crippen LogP contribution in [0.3, 0.4) is 0 Å².